The number of H-pyrrole nitrogens is 1. The first kappa shape index (κ1) is 15.2. The Morgan fingerprint density at radius 2 is 2.00 bits per heavy atom. The minimum atomic E-state index is -0.805. The predicted molar refractivity (Wildman–Crippen MR) is 87.4 cm³/mol. The minimum absolute atomic E-state index is 0.122. The Bertz CT molecular complexity index is 933. The summed E-state index contributed by atoms with van der Waals surface area (Å²) in [5, 5.41) is 3.40. The van der Waals surface area contributed by atoms with E-state index >= 15 is 0 Å². The van der Waals surface area contributed by atoms with Crippen molar-refractivity contribution >= 4 is 39.9 Å². The smallest absolute Gasteiger partial charge is 0.296 e. The molecule has 0 saturated carbocycles. The monoisotopic (exact) mass is 330 g/mol. The van der Waals surface area contributed by atoms with Crippen molar-refractivity contribution in [2.45, 2.75) is 6.92 Å². The quantitative estimate of drug-likeness (QED) is 0.561. The van der Waals surface area contributed by atoms with Gasteiger partial charge < -0.3 is 10.3 Å². The fraction of sp³-hybridized carbons (Fsp3) is 0.0588. The molecule has 1 heterocycles. The number of ketones is 1. The molecule has 0 aliphatic heterocycles. The van der Waals surface area contributed by atoms with Gasteiger partial charge in [-0.1, -0.05) is 17.7 Å². The third-order valence-corrected chi connectivity index (χ3v) is 4.02. The topological polar surface area (TPSA) is 62.0 Å². The summed E-state index contributed by atoms with van der Waals surface area (Å²) in [6, 6.07) is 9.04. The highest BCUT2D eigenvalue weighted by molar-refractivity contribution is 6.48. The highest BCUT2D eigenvalue weighted by atomic mass is 35.5. The molecule has 1 aromatic heterocycles. The van der Waals surface area contributed by atoms with E-state index in [9.17, 15) is 14.0 Å². The van der Waals surface area contributed by atoms with Gasteiger partial charge in [-0.3, -0.25) is 9.59 Å². The number of benzene rings is 2. The molecular weight excluding hydrogens is 319 g/mol. The number of halogens is 2. The van der Waals surface area contributed by atoms with Crippen LogP contribution in [0.1, 0.15) is 15.9 Å². The number of hydrogen-bond acceptors (Lipinski definition) is 2. The Balaban J connectivity index is 1.91. The summed E-state index contributed by atoms with van der Waals surface area (Å²) in [4.78, 5) is 27.4. The van der Waals surface area contributed by atoms with Crippen LogP contribution in [-0.2, 0) is 4.79 Å². The average molecular weight is 331 g/mol. The van der Waals surface area contributed by atoms with E-state index in [1.807, 2.05) is 0 Å². The Kier molecular flexibility index (Phi) is 3.88. The number of hydrogen-bond donors (Lipinski definition) is 2. The van der Waals surface area contributed by atoms with Crippen molar-refractivity contribution in [2.75, 3.05) is 5.32 Å². The van der Waals surface area contributed by atoms with Gasteiger partial charge in [0, 0.05) is 27.8 Å². The zero-order valence-corrected chi connectivity index (χ0v) is 12.9. The van der Waals surface area contributed by atoms with Gasteiger partial charge in [0.05, 0.1) is 5.56 Å². The van der Waals surface area contributed by atoms with Crippen molar-refractivity contribution in [1.29, 1.82) is 0 Å². The Morgan fingerprint density at radius 3 is 2.78 bits per heavy atom. The van der Waals surface area contributed by atoms with Crippen molar-refractivity contribution in [1.82, 2.24) is 4.98 Å². The van der Waals surface area contributed by atoms with Crippen LogP contribution in [0.3, 0.4) is 0 Å². The molecule has 2 N–H and O–H groups in total. The predicted octanol–water partition coefficient (Wildman–Crippen LogP) is 4.09. The first-order valence-corrected chi connectivity index (χ1v) is 7.22. The molecule has 3 rings (SSSR count). The van der Waals surface area contributed by atoms with Crippen molar-refractivity contribution in [3.05, 3.63) is 64.6 Å². The van der Waals surface area contributed by atoms with Gasteiger partial charge in [-0.15, -0.1) is 0 Å². The summed E-state index contributed by atoms with van der Waals surface area (Å²) in [5.41, 5.74) is 1.83. The van der Waals surface area contributed by atoms with Crippen molar-refractivity contribution in [3.63, 3.8) is 0 Å². The Morgan fingerprint density at radius 1 is 1.22 bits per heavy atom. The maximum absolute atomic E-state index is 13.4. The molecule has 6 heteroatoms. The molecule has 0 fully saturated rings. The first-order chi connectivity index (χ1) is 11.0. The summed E-state index contributed by atoms with van der Waals surface area (Å²) in [6.45, 7) is 1.74. The normalized spacial score (nSPS) is 10.7. The Hall–Kier alpha value is -2.66. The molecule has 0 aliphatic carbocycles. The van der Waals surface area contributed by atoms with E-state index in [4.69, 9.17) is 11.6 Å². The number of nitrogens with one attached hydrogen (secondary N) is 2. The molecule has 0 bridgehead atoms. The van der Waals surface area contributed by atoms with Crippen molar-refractivity contribution in [3.8, 4) is 0 Å². The van der Waals surface area contributed by atoms with E-state index < -0.39 is 17.5 Å². The number of carbonyl (C=O) groups is 2. The molecule has 0 unspecified atom stereocenters. The van der Waals surface area contributed by atoms with Crippen LogP contribution in [0, 0.1) is 12.7 Å². The minimum Gasteiger partial charge on any atom is -0.360 e. The van der Waals surface area contributed by atoms with Crippen LogP contribution in [0.15, 0.2) is 42.6 Å². The largest absolute Gasteiger partial charge is 0.360 e. The van der Waals surface area contributed by atoms with Crippen LogP contribution in [0.2, 0.25) is 5.02 Å². The van der Waals surface area contributed by atoms with E-state index in [-0.39, 0.29) is 5.56 Å². The van der Waals surface area contributed by atoms with E-state index in [1.165, 1.54) is 24.4 Å². The molecule has 116 valence electrons. The second kappa shape index (κ2) is 5.85. The number of fused-ring (bicyclic) bond motifs is 1. The highest BCUT2D eigenvalue weighted by Gasteiger charge is 2.21. The number of carbonyl (C=O) groups excluding carboxylic acids is 2. The van der Waals surface area contributed by atoms with Gasteiger partial charge in [0.25, 0.3) is 11.7 Å². The third kappa shape index (κ3) is 2.83. The number of Topliss-reactive ketones (excluding diaryl/α,β-unsaturated/α-hetero) is 1. The lowest BCUT2D eigenvalue weighted by molar-refractivity contribution is -0.112. The lowest BCUT2D eigenvalue weighted by atomic mass is 10.1. The first-order valence-electron chi connectivity index (χ1n) is 6.85. The van der Waals surface area contributed by atoms with Gasteiger partial charge in [0.2, 0.25) is 0 Å². The van der Waals surface area contributed by atoms with Crippen LogP contribution < -0.4 is 5.32 Å². The number of amides is 1. The SMILES string of the molecule is Cc1c(Cl)cccc1NC(=O)C(=O)c1c[nH]c2ccc(F)cc12. The van der Waals surface area contributed by atoms with Crippen LogP contribution in [0.25, 0.3) is 10.9 Å². The summed E-state index contributed by atoms with van der Waals surface area (Å²) < 4.78 is 13.4. The maximum atomic E-state index is 13.4. The number of rotatable bonds is 3. The van der Waals surface area contributed by atoms with Gasteiger partial charge in [0.1, 0.15) is 5.82 Å². The molecule has 2 aromatic carbocycles. The molecule has 0 spiro atoms. The van der Waals surface area contributed by atoms with Crippen LogP contribution in [0.5, 0.6) is 0 Å². The third-order valence-electron chi connectivity index (χ3n) is 3.61. The average Bonchev–Trinajstić information content (AvgIpc) is 2.94. The van der Waals surface area contributed by atoms with E-state index in [0.717, 1.165) is 0 Å². The zero-order chi connectivity index (χ0) is 16.6. The molecule has 0 aliphatic rings. The lowest BCUT2D eigenvalue weighted by Crippen LogP contribution is -2.23. The van der Waals surface area contributed by atoms with E-state index in [1.54, 1.807) is 25.1 Å². The lowest BCUT2D eigenvalue weighted by Gasteiger charge is -2.08. The fourth-order valence-electron chi connectivity index (χ4n) is 2.32. The number of aromatic amines is 1. The van der Waals surface area contributed by atoms with Gasteiger partial charge >= 0.3 is 0 Å². The van der Waals surface area contributed by atoms with Gasteiger partial charge in [-0.2, -0.15) is 0 Å². The standard InChI is InChI=1S/C17H12ClFN2O2/c1-9-13(18)3-2-4-14(9)21-17(23)16(22)12-8-20-15-6-5-10(19)7-11(12)15/h2-8,20H,1H3,(H,21,23). The van der Waals surface area contributed by atoms with Crippen molar-refractivity contribution < 1.29 is 14.0 Å². The second-order valence-corrected chi connectivity index (χ2v) is 5.50. The number of anilines is 1. The molecule has 0 radical (unpaired) electrons. The molecule has 0 saturated heterocycles. The molecule has 1 amide bonds. The van der Waals surface area contributed by atoms with Crippen LogP contribution >= 0.6 is 11.6 Å². The second-order valence-electron chi connectivity index (χ2n) is 5.09. The van der Waals surface area contributed by atoms with Gasteiger partial charge in [-0.05, 0) is 42.8 Å². The van der Waals surface area contributed by atoms with Gasteiger partial charge in [0.15, 0.2) is 0 Å². The van der Waals surface area contributed by atoms with E-state index in [2.05, 4.69) is 10.3 Å². The number of aromatic nitrogens is 1. The van der Waals surface area contributed by atoms with Crippen molar-refractivity contribution in [2.24, 2.45) is 0 Å². The highest BCUT2D eigenvalue weighted by Crippen LogP contribution is 2.24. The van der Waals surface area contributed by atoms with Gasteiger partial charge in [-0.25, -0.2) is 4.39 Å². The summed E-state index contributed by atoms with van der Waals surface area (Å²) in [7, 11) is 0. The summed E-state index contributed by atoms with van der Waals surface area (Å²) in [5.74, 6) is -2.03. The molecule has 0 atom stereocenters. The van der Waals surface area contributed by atoms with Crippen LogP contribution in [0.4, 0.5) is 10.1 Å². The molecule has 23 heavy (non-hydrogen) atoms. The fourth-order valence-corrected chi connectivity index (χ4v) is 2.50. The Labute approximate surface area is 136 Å². The zero-order valence-electron chi connectivity index (χ0n) is 12.1. The van der Waals surface area contributed by atoms with Crippen LogP contribution in [-0.4, -0.2) is 16.7 Å². The maximum Gasteiger partial charge on any atom is 0.296 e. The summed E-state index contributed by atoms with van der Waals surface area (Å²) >= 11 is 5.99. The van der Waals surface area contributed by atoms with E-state index in [0.29, 0.717) is 27.2 Å². The molecule has 4 nitrogen and oxygen atoms in total. The summed E-state index contributed by atoms with van der Waals surface area (Å²) in [6.07, 6.45) is 1.40. The molecular formula is C17H12ClFN2O2. The molecule has 3 aromatic rings.